The van der Waals surface area contributed by atoms with Gasteiger partial charge in [0, 0.05) is 24.5 Å². The largest absolute Gasteiger partial charge is 0.396 e. The highest BCUT2D eigenvalue weighted by atomic mass is 15.3. The lowest BCUT2D eigenvalue weighted by Gasteiger charge is -2.05. The second-order valence-electron chi connectivity index (χ2n) is 3.51. The van der Waals surface area contributed by atoms with Gasteiger partial charge in [0.1, 0.15) is 12.1 Å². The molecule has 0 aliphatic carbocycles. The van der Waals surface area contributed by atoms with Crippen LogP contribution in [0.15, 0.2) is 24.8 Å². The van der Waals surface area contributed by atoms with Gasteiger partial charge in [0.25, 0.3) is 0 Å². The summed E-state index contributed by atoms with van der Waals surface area (Å²) < 4.78 is 1.79. The van der Waals surface area contributed by atoms with Crippen molar-refractivity contribution in [1.82, 2.24) is 19.7 Å². The van der Waals surface area contributed by atoms with Crippen LogP contribution in [0.25, 0.3) is 0 Å². The maximum absolute atomic E-state index is 5.56. The van der Waals surface area contributed by atoms with Crippen LogP contribution in [0.3, 0.4) is 0 Å². The van der Waals surface area contributed by atoms with E-state index in [9.17, 15) is 0 Å². The molecule has 2 heterocycles. The third kappa shape index (κ3) is 2.69. The fourth-order valence-corrected chi connectivity index (χ4v) is 1.35. The van der Waals surface area contributed by atoms with E-state index in [1.54, 1.807) is 23.4 Å². The van der Waals surface area contributed by atoms with Crippen molar-refractivity contribution in [3.63, 3.8) is 0 Å². The summed E-state index contributed by atoms with van der Waals surface area (Å²) in [7, 11) is 0. The Bertz CT molecular complexity index is 464. The third-order valence-corrected chi connectivity index (χ3v) is 2.10. The predicted octanol–water partition coefficient (Wildman–Crippen LogP) is 0.676. The fraction of sp³-hybridized carbons (Fsp3) is 0.300. The molecule has 0 aliphatic heterocycles. The fourth-order valence-electron chi connectivity index (χ4n) is 1.35. The van der Waals surface area contributed by atoms with Gasteiger partial charge in [-0.3, -0.25) is 4.68 Å². The molecule has 2 aromatic rings. The molecule has 0 spiro atoms. The maximum atomic E-state index is 5.56. The van der Waals surface area contributed by atoms with E-state index in [1.807, 2.05) is 13.0 Å². The summed E-state index contributed by atoms with van der Waals surface area (Å²) in [4.78, 5) is 8.12. The molecule has 2 rings (SSSR count). The van der Waals surface area contributed by atoms with Gasteiger partial charge in [-0.15, -0.1) is 0 Å². The zero-order valence-electron chi connectivity index (χ0n) is 9.09. The van der Waals surface area contributed by atoms with Crippen molar-refractivity contribution in [2.24, 2.45) is 0 Å². The first-order chi connectivity index (χ1) is 7.74. The van der Waals surface area contributed by atoms with Gasteiger partial charge in [-0.1, -0.05) is 0 Å². The molecule has 0 bridgehead atoms. The van der Waals surface area contributed by atoms with E-state index >= 15 is 0 Å². The molecule has 84 valence electrons. The second-order valence-corrected chi connectivity index (χ2v) is 3.51. The Hall–Kier alpha value is -2.11. The average molecular weight is 218 g/mol. The number of hydrogen-bond acceptors (Lipinski definition) is 5. The van der Waals surface area contributed by atoms with E-state index < -0.39 is 0 Å². The van der Waals surface area contributed by atoms with Gasteiger partial charge in [-0.05, 0) is 6.92 Å². The SMILES string of the molecule is Cc1cc(NCCn2cc(N)cn2)ncn1. The van der Waals surface area contributed by atoms with Crippen LogP contribution >= 0.6 is 0 Å². The van der Waals surface area contributed by atoms with Crippen molar-refractivity contribution in [2.75, 3.05) is 17.6 Å². The molecule has 0 atom stereocenters. The van der Waals surface area contributed by atoms with Crippen molar-refractivity contribution in [1.29, 1.82) is 0 Å². The summed E-state index contributed by atoms with van der Waals surface area (Å²) in [6, 6.07) is 1.90. The Morgan fingerprint density at radius 2 is 2.31 bits per heavy atom. The predicted molar refractivity (Wildman–Crippen MR) is 61.9 cm³/mol. The number of hydrogen-bond donors (Lipinski definition) is 2. The average Bonchev–Trinajstić information content (AvgIpc) is 2.64. The molecule has 0 amide bonds. The molecule has 6 nitrogen and oxygen atoms in total. The minimum atomic E-state index is 0.679. The number of aryl methyl sites for hydroxylation is 1. The Balaban J connectivity index is 1.84. The number of aromatic nitrogens is 4. The van der Waals surface area contributed by atoms with E-state index in [4.69, 9.17) is 5.73 Å². The van der Waals surface area contributed by atoms with E-state index in [1.165, 1.54) is 0 Å². The zero-order chi connectivity index (χ0) is 11.4. The van der Waals surface area contributed by atoms with Crippen LogP contribution in [0, 0.1) is 6.92 Å². The molecule has 16 heavy (non-hydrogen) atoms. The van der Waals surface area contributed by atoms with E-state index in [-0.39, 0.29) is 0 Å². The minimum absolute atomic E-state index is 0.679. The maximum Gasteiger partial charge on any atom is 0.129 e. The van der Waals surface area contributed by atoms with Crippen LogP contribution in [0.4, 0.5) is 11.5 Å². The van der Waals surface area contributed by atoms with Gasteiger partial charge < -0.3 is 11.1 Å². The molecule has 3 N–H and O–H groups in total. The van der Waals surface area contributed by atoms with E-state index in [2.05, 4.69) is 20.4 Å². The first-order valence-corrected chi connectivity index (χ1v) is 5.04. The molecule has 0 fully saturated rings. The molecule has 0 radical (unpaired) electrons. The highest BCUT2D eigenvalue weighted by Crippen LogP contribution is 2.02. The second kappa shape index (κ2) is 4.61. The van der Waals surface area contributed by atoms with Gasteiger partial charge in [0.05, 0.1) is 18.4 Å². The number of nitrogens with zero attached hydrogens (tertiary/aromatic N) is 4. The molecule has 0 unspecified atom stereocenters. The summed E-state index contributed by atoms with van der Waals surface area (Å²) in [5.74, 6) is 0.827. The Morgan fingerprint density at radius 3 is 3.00 bits per heavy atom. The molecular formula is C10H14N6. The molecular weight excluding hydrogens is 204 g/mol. The monoisotopic (exact) mass is 218 g/mol. The number of anilines is 2. The van der Waals surface area contributed by atoms with Crippen molar-refractivity contribution >= 4 is 11.5 Å². The summed E-state index contributed by atoms with van der Waals surface area (Å²) in [5.41, 5.74) is 7.18. The van der Waals surface area contributed by atoms with Crippen molar-refractivity contribution in [3.05, 3.63) is 30.5 Å². The zero-order valence-corrected chi connectivity index (χ0v) is 9.09. The van der Waals surface area contributed by atoms with Crippen molar-refractivity contribution < 1.29 is 0 Å². The number of nitrogens with one attached hydrogen (secondary N) is 1. The van der Waals surface area contributed by atoms with Crippen LogP contribution in [0.1, 0.15) is 5.69 Å². The van der Waals surface area contributed by atoms with Crippen LogP contribution in [0.5, 0.6) is 0 Å². The lowest BCUT2D eigenvalue weighted by Crippen LogP contribution is -2.11. The molecule has 0 saturated heterocycles. The minimum Gasteiger partial charge on any atom is -0.396 e. The Labute approximate surface area is 93.5 Å². The third-order valence-electron chi connectivity index (χ3n) is 2.10. The van der Waals surface area contributed by atoms with Crippen LogP contribution < -0.4 is 11.1 Å². The number of nitrogens with two attached hydrogens (primary N) is 1. The lowest BCUT2D eigenvalue weighted by molar-refractivity contribution is 0.637. The Morgan fingerprint density at radius 1 is 1.44 bits per heavy atom. The highest BCUT2D eigenvalue weighted by Gasteiger charge is 1.96. The highest BCUT2D eigenvalue weighted by molar-refractivity contribution is 5.34. The molecule has 0 aromatic carbocycles. The summed E-state index contributed by atoms with van der Waals surface area (Å²) >= 11 is 0. The first kappa shape index (κ1) is 10.4. The molecule has 2 aromatic heterocycles. The smallest absolute Gasteiger partial charge is 0.129 e. The standard InChI is InChI=1S/C10H14N6/c1-8-4-10(14-7-13-8)12-2-3-16-6-9(11)5-15-16/h4-7H,2-3,11H2,1H3,(H,12,13,14). The van der Waals surface area contributed by atoms with Gasteiger partial charge >= 0.3 is 0 Å². The summed E-state index contributed by atoms with van der Waals surface area (Å²) in [5, 5.41) is 7.27. The normalized spacial score (nSPS) is 10.3. The molecule has 0 saturated carbocycles. The first-order valence-electron chi connectivity index (χ1n) is 5.04. The van der Waals surface area contributed by atoms with Gasteiger partial charge in [0.2, 0.25) is 0 Å². The molecule has 6 heteroatoms. The van der Waals surface area contributed by atoms with E-state index in [0.717, 1.165) is 24.6 Å². The van der Waals surface area contributed by atoms with Crippen molar-refractivity contribution in [2.45, 2.75) is 13.5 Å². The van der Waals surface area contributed by atoms with Crippen LogP contribution in [-0.4, -0.2) is 26.3 Å². The topological polar surface area (TPSA) is 81.7 Å². The summed E-state index contributed by atoms with van der Waals surface area (Å²) in [6.07, 6.45) is 4.98. The lowest BCUT2D eigenvalue weighted by atomic mass is 10.4. The van der Waals surface area contributed by atoms with Crippen LogP contribution in [0.2, 0.25) is 0 Å². The number of rotatable bonds is 4. The van der Waals surface area contributed by atoms with Gasteiger partial charge in [-0.2, -0.15) is 5.10 Å². The van der Waals surface area contributed by atoms with E-state index in [0.29, 0.717) is 5.69 Å². The van der Waals surface area contributed by atoms with Crippen LogP contribution in [-0.2, 0) is 6.54 Å². The Kier molecular flexibility index (Phi) is 3.00. The summed E-state index contributed by atoms with van der Waals surface area (Å²) in [6.45, 7) is 3.43. The van der Waals surface area contributed by atoms with Crippen molar-refractivity contribution in [3.8, 4) is 0 Å². The molecule has 0 aliphatic rings. The number of nitrogen functional groups attached to an aromatic ring is 1. The van der Waals surface area contributed by atoms with Gasteiger partial charge in [-0.25, -0.2) is 9.97 Å². The van der Waals surface area contributed by atoms with Gasteiger partial charge in [0.15, 0.2) is 0 Å². The quantitative estimate of drug-likeness (QED) is 0.788.